The Morgan fingerprint density at radius 3 is 1.94 bits per heavy atom. The van der Waals surface area contributed by atoms with Crippen LogP contribution >= 0.6 is 0 Å². The molecule has 0 heterocycles. The Bertz CT molecular complexity index is 497. The molecule has 0 N–H and O–H groups in total. The van der Waals surface area contributed by atoms with Crippen molar-refractivity contribution in [3.63, 3.8) is 0 Å². The van der Waals surface area contributed by atoms with E-state index in [1.54, 1.807) is 6.92 Å². The number of rotatable bonds is 3. The van der Waals surface area contributed by atoms with E-state index in [0.717, 1.165) is 5.56 Å². The highest BCUT2D eigenvalue weighted by Crippen LogP contribution is 2.22. The molecular weight excluding hydrogens is 208 g/mol. The van der Waals surface area contributed by atoms with Crippen molar-refractivity contribution in [2.24, 2.45) is 0 Å². The molecule has 17 heavy (non-hydrogen) atoms. The minimum atomic E-state index is -0.0141. The standard InChI is InChI=1S/C16H16O/c1-12(13(2)17)14-8-10-16(11-9-14)15-6-4-3-5-7-15/h3-12H,1-2H3/t12-/m1/s1. The maximum absolute atomic E-state index is 11.3. The molecule has 0 amide bonds. The summed E-state index contributed by atoms with van der Waals surface area (Å²) in [6.45, 7) is 3.58. The third-order valence-electron chi connectivity index (χ3n) is 3.13. The van der Waals surface area contributed by atoms with Crippen LogP contribution in [0, 0.1) is 0 Å². The molecule has 0 aliphatic rings. The van der Waals surface area contributed by atoms with Crippen LogP contribution in [-0.4, -0.2) is 5.78 Å². The number of carbonyl (C=O) groups excluding carboxylic acids is 1. The van der Waals surface area contributed by atoms with Gasteiger partial charge in [0.1, 0.15) is 5.78 Å². The number of hydrogen-bond donors (Lipinski definition) is 0. The topological polar surface area (TPSA) is 17.1 Å². The SMILES string of the molecule is CC(=O)[C@@H](C)c1ccc(-c2ccccc2)cc1. The summed E-state index contributed by atoms with van der Waals surface area (Å²) < 4.78 is 0. The molecule has 0 saturated carbocycles. The third-order valence-corrected chi connectivity index (χ3v) is 3.13. The normalized spacial score (nSPS) is 12.1. The molecule has 0 aliphatic heterocycles. The maximum Gasteiger partial charge on any atom is 0.136 e. The maximum atomic E-state index is 11.3. The summed E-state index contributed by atoms with van der Waals surface area (Å²) in [7, 11) is 0. The van der Waals surface area contributed by atoms with Crippen LogP contribution in [0.5, 0.6) is 0 Å². The highest BCUT2D eigenvalue weighted by atomic mass is 16.1. The summed E-state index contributed by atoms with van der Waals surface area (Å²) in [6.07, 6.45) is 0. The van der Waals surface area contributed by atoms with Crippen molar-refractivity contribution < 1.29 is 4.79 Å². The number of ketones is 1. The number of carbonyl (C=O) groups is 1. The van der Waals surface area contributed by atoms with E-state index < -0.39 is 0 Å². The minimum absolute atomic E-state index is 0.0141. The fourth-order valence-corrected chi connectivity index (χ4v) is 1.83. The molecule has 0 spiro atoms. The zero-order chi connectivity index (χ0) is 12.3. The molecule has 86 valence electrons. The van der Waals surface area contributed by atoms with E-state index in [0.29, 0.717) is 0 Å². The van der Waals surface area contributed by atoms with E-state index in [2.05, 4.69) is 24.3 Å². The fourth-order valence-electron chi connectivity index (χ4n) is 1.83. The largest absolute Gasteiger partial charge is 0.299 e. The van der Waals surface area contributed by atoms with Crippen LogP contribution < -0.4 is 0 Å². The lowest BCUT2D eigenvalue weighted by molar-refractivity contribution is -0.118. The molecular formula is C16H16O. The van der Waals surface area contributed by atoms with Crippen LogP contribution in [0.15, 0.2) is 54.6 Å². The first kappa shape index (κ1) is 11.6. The van der Waals surface area contributed by atoms with Gasteiger partial charge in [-0.1, -0.05) is 61.5 Å². The van der Waals surface area contributed by atoms with Gasteiger partial charge in [0, 0.05) is 5.92 Å². The molecule has 2 aromatic rings. The molecule has 0 aromatic heterocycles. The first-order chi connectivity index (χ1) is 8.18. The molecule has 1 nitrogen and oxygen atoms in total. The van der Waals surface area contributed by atoms with Crippen LogP contribution in [0.1, 0.15) is 25.3 Å². The predicted octanol–water partition coefficient (Wildman–Crippen LogP) is 4.05. The number of hydrogen-bond acceptors (Lipinski definition) is 1. The van der Waals surface area contributed by atoms with Gasteiger partial charge in [-0.3, -0.25) is 4.79 Å². The Hall–Kier alpha value is -1.89. The summed E-state index contributed by atoms with van der Waals surface area (Å²) in [5.41, 5.74) is 3.47. The smallest absolute Gasteiger partial charge is 0.136 e. The fraction of sp³-hybridized carbons (Fsp3) is 0.188. The molecule has 2 aromatic carbocycles. The van der Waals surface area contributed by atoms with Gasteiger partial charge in [0.2, 0.25) is 0 Å². The second-order valence-corrected chi connectivity index (χ2v) is 4.32. The summed E-state index contributed by atoms with van der Waals surface area (Å²) in [5.74, 6) is 0.192. The molecule has 1 heteroatoms. The van der Waals surface area contributed by atoms with Crippen molar-refractivity contribution in [3.8, 4) is 11.1 Å². The average molecular weight is 224 g/mol. The summed E-state index contributed by atoms with van der Waals surface area (Å²) in [5, 5.41) is 0. The van der Waals surface area contributed by atoms with Crippen molar-refractivity contribution in [2.45, 2.75) is 19.8 Å². The third kappa shape index (κ3) is 2.62. The highest BCUT2D eigenvalue weighted by Gasteiger charge is 2.09. The van der Waals surface area contributed by atoms with E-state index in [4.69, 9.17) is 0 Å². The lowest BCUT2D eigenvalue weighted by Gasteiger charge is -2.09. The van der Waals surface area contributed by atoms with E-state index >= 15 is 0 Å². The Kier molecular flexibility index (Phi) is 3.38. The lowest BCUT2D eigenvalue weighted by atomic mass is 9.95. The van der Waals surface area contributed by atoms with Crippen molar-refractivity contribution in [1.29, 1.82) is 0 Å². The number of benzene rings is 2. The van der Waals surface area contributed by atoms with Crippen LogP contribution in [0.25, 0.3) is 11.1 Å². The first-order valence-corrected chi connectivity index (χ1v) is 5.84. The van der Waals surface area contributed by atoms with Crippen molar-refractivity contribution in [1.82, 2.24) is 0 Å². The van der Waals surface area contributed by atoms with Gasteiger partial charge in [-0.05, 0) is 23.6 Å². The molecule has 0 saturated heterocycles. The summed E-state index contributed by atoms with van der Waals surface area (Å²) in [6, 6.07) is 18.5. The average Bonchev–Trinajstić information content (AvgIpc) is 2.39. The van der Waals surface area contributed by atoms with Gasteiger partial charge in [0.15, 0.2) is 0 Å². The Labute approximate surface area is 102 Å². The molecule has 0 fully saturated rings. The summed E-state index contributed by atoms with van der Waals surface area (Å²) >= 11 is 0. The second kappa shape index (κ2) is 4.96. The molecule has 0 radical (unpaired) electrons. The Balaban J connectivity index is 2.28. The molecule has 0 aliphatic carbocycles. The van der Waals surface area contributed by atoms with Crippen LogP contribution in [0.4, 0.5) is 0 Å². The zero-order valence-corrected chi connectivity index (χ0v) is 10.2. The number of Topliss-reactive ketones (excluding diaryl/α,β-unsaturated/α-hetero) is 1. The van der Waals surface area contributed by atoms with Gasteiger partial charge < -0.3 is 0 Å². The molecule has 2 rings (SSSR count). The summed E-state index contributed by atoms with van der Waals surface area (Å²) in [4.78, 5) is 11.3. The van der Waals surface area contributed by atoms with Crippen LogP contribution in [0.2, 0.25) is 0 Å². The van der Waals surface area contributed by atoms with E-state index in [-0.39, 0.29) is 11.7 Å². The highest BCUT2D eigenvalue weighted by molar-refractivity contribution is 5.83. The van der Waals surface area contributed by atoms with Crippen molar-refractivity contribution in [2.75, 3.05) is 0 Å². The lowest BCUT2D eigenvalue weighted by Crippen LogP contribution is -2.03. The van der Waals surface area contributed by atoms with Crippen LogP contribution in [0.3, 0.4) is 0 Å². The Morgan fingerprint density at radius 2 is 1.41 bits per heavy atom. The van der Waals surface area contributed by atoms with Crippen molar-refractivity contribution >= 4 is 5.78 Å². The monoisotopic (exact) mass is 224 g/mol. The van der Waals surface area contributed by atoms with Gasteiger partial charge in [0.25, 0.3) is 0 Å². The second-order valence-electron chi connectivity index (χ2n) is 4.32. The van der Waals surface area contributed by atoms with E-state index in [1.807, 2.05) is 37.3 Å². The van der Waals surface area contributed by atoms with Gasteiger partial charge in [0.05, 0.1) is 0 Å². The predicted molar refractivity (Wildman–Crippen MR) is 71.0 cm³/mol. The van der Waals surface area contributed by atoms with E-state index in [1.165, 1.54) is 11.1 Å². The first-order valence-electron chi connectivity index (χ1n) is 5.84. The van der Waals surface area contributed by atoms with Gasteiger partial charge in [-0.25, -0.2) is 0 Å². The Morgan fingerprint density at radius 1 is 0.882 bits per heavy atom. The van der Waals surface area contributed by atoms with Crippen LogP contribution in [-0.2, 0) is 4.79 Å². The molecule has 0 unspecified atom stereocenters. The molecule has 1 atom stereocenters. The van der Waals surface area contributed by atoms with Gasteiger partial charge in [-0.15, -0.1) is 0 Å². The molecule has 0 bridgehead atoms. The quantitative estimate of drug-likeness (QED) is 0.768. The zero-order valence-electron chi connectivity index (χ0n) is 10.2. The van der Waals surface area contributed by atoms with Crippen molar-refractivity contribution in [3.05, 3.63) is 60.2 Å². The van der Waals surface area contributed by atoms with Gasteiger partial charge in [-0.2, -0.15) is 0 Å². The van der Waals surface area contributed by atoms with E-state index in [9.17, 15) is 4.79 Å². The van der Waals surface area contributed by atoms with Gasteiger partial charge >= 0.3 is 0 Å². The minimum Gasteiger partial charge on any atom is -0.299 e.